The molecule has 0 aliphatic heterocycles. The van der Waals surface area contributed by atoms with Crippen molar-refractivity contribution in [2.45, 2.75) is 26.2 Å². The summed E-state index contributed by atoms with van der Waals surface area (Å²) < 4.78 is 14.9. The molecule has 0 aromatic rings. The van der Waals surface area contributed by atoms with Crippen LogP contribution in [0.5, 0.6) is 0 Å². The van der Waals surface area contributed by atoms with Crippen LogP contribution in [0.2, 0.25) is 0 Å². The van der Waals surface area contributed by atoms with E-state index in [9.17, 15) is 14.4 Å². The normalized spacial score (nSPS) is 10.3. The van der Waals surface area contributed by atoms with Gasteiger partial charge in [0.15, 0.2) is 0 Å². The van der Waals surface area contributed by atoms with Gasteiger partial charge < -0.3 is 14.2 Å². The predicted molar refractivity (Wildman–Crippen MR) is 85.4 cm³/mol. The minimum absolute atomic E-state index is 0.201. The first-order valence-electron chi connectivity index (χ1n) is 7.24. The van der Waals surface area contributed by atoms with Gasteiger partial charge in [-0.25, -0.2) is 14.4 Å². The average Bonchev–Trinajstić information content (AvgIpc) is 2.54. The van der Waals surface area contributed by atoms with Gasteiger partial charge in [-0.15, -0.1) is 0 Å². The molecule has 0 fully saturated rings. The molecule has 23 heavy (non-hydrogen) atoms. The lowest BCUT2D eigenvalue weighted by atomic mass is 9.81. The standard InChI is InChI=1S/C17H24O6/c1-5-14(18)21-11-8-17(4,9-12-22-15(19)6-2)10-13-23-16(20)7-3/h5-7H,1-3,8-13H2,4H3. The minimum atomic E-state index is -0.497. The first-order chi connectivity index (χ1) is 10.9. The Morgan fingerprint density at radius 3 is 1.22 bits per heavy atom. The molecule has 128 valence electrons. The van der Waals surface area contributed by atoms with Crippen LogP contribution in [0, 0.1) is 5.41 Å². The Hall–Kier alpha value is -2.37. The highest BCUT2D eigenvalue weighted by Crippen LogP contribution is 2.30. The summed E-state index contributed by atoms with van der Waals surface area (Å²) in [6.45, 7) is 12.5. The summed E-state index contributed by atoms with van der Waals surface area (Å²) in [5.41, 5.74) is -0.329. The van der Waals surface area contributed by atoms with Crippen molar-refractivity contribution in [1.29, 1.82) is 0 Å². The van der Waals surface area contributed by atoms with E-state index in [1.54, 1.807) is 0 Å². The van der Waals surface area contributed by atoms with E-state index in [1.807, 2.05) is 6.92 Å². The van der Waals surface area contributed by atoms with E-state index in [4.69, 9.17) is 14.2 Å². The third kappa shape index (κ3) is 10.1. The number of carbonyl (C=O) groups excluding carboxylic acids is 3. The fourth-order valence-electron chi connectivity index (χ4n) is 1.75. The molecule has 6 heteroatoms. The Balaban J connectivity index is 4.47. The van der Waals surface area contributed by atoms with Gasteiger partial charge in [-0.2, -0.15) is 0 Å². The van der Waals surface area contributed by atoms with Crippen molar-refractivity contribution in [3.63, 3.8) is 0 Å². The van der Waals surface area contributed by atoms with Gasteiger partial charge in [-0.1, -0.05) is 26.7 Å². The van der Waals surface area contributed by atoms with Crippen LogP contribution in [0.4, 0.5) is 0 Å². The Bertz CT molecular complexity index is 387. The fraction of sp³-hybridized carbons (Fsp3) is 0.471. The molecule has 0 saturated carbocycles. The first kappa shape index (κ1) is 20.6. The maximum absolute atomic E-state index is 11.1. The van der Waals surface area contributed by atoms with Crippen molar-refractivity contribution in [3.05, 3.63) is 38.0 Å². The lowest BCUT2D eigenvalue weighted by Crippen LogP contribution is -2.25. The smallest absolute Gasteiger partial charge is 0.330 e. The van der Waals surface area contributed by atoms with Crippen molar-refractivity contribution >= 4 is 17.9 Å². The molecule has 0 amide bonds. The van der Waals surface area contributed by atoms with Gasteiger partial charge in [0.25, 0.3) is 0 Å². The zero-order valence-corrected chi connectivity index (χ0v) is 13.5. The molecular formula is C17H24O6. The molecule has 0 aromatic carbocycles. The van der Waals surface area contributed by atoms with E-state index >= 15 is 0 Å². The van der Waals surface area contributed by atoms with Gasteiger partial charge >= 0.3 is 17.9 Å². The van der Waals surface area contributed by atoms with Crippen molar-refractivity contribution < 1.29 is 28.6 Å². The molecule has 0 saturated heterocycles. The Morgan fingerprint density at radius 1 is 0.739 bits per heavy atom. The highest BCUT2D eigenvalue weighted by Gasteiger charge is 2.25. The molecule has 0 aliphatic rings. The molecule has 0 spiro atoms. The molecule has 0 heterocycles. The molecule has 0 atom stereocenters. The summed E-state index contributed by atoms with van der Waals surface area (Å²) in [5, 5.41) is 0. The van der Waals surface area contributed by atoms with E-state index in [1.165, 1.54) is 0 Å². The summed E-state index contributed by atoms with van der Waals surface area (Å²) in [7, 11) is 0. The maximum atomic E-state index is 11.1. The molecule has 0 aromatic heterocycles. The van der Waals surface area contributed by atoms with Gasteiger partial charge in [-0.3, -0.25) is 0 Å². The monoisotopic (exact) mass is 324 g/mol. The molecule has 0 N–H and O–H groups in total. The Morgan fingerprint density at radius 2 is 1.00 bits per heavy atom. The van der Waals surface area contributed by atoms with E-state index in [2.05, 4.69) is 19.7 Å². The lowest BCUT2D eigenvalue weighted by molar-refractivity contribution is -0.139. The van der Waals surface area contributed by atoms with Gasteiger partial charge in [0, 0.05) is 18.2 Å². The van der Waals surface area contributed by atoms with E-state index in [0.29, 0.717) is 19.3 Å². The summed E-state index contributed by atoms with van der Waals surface area (Å²) in [4.78, 5) is 33.2. The van der Waals surface area contributed by atoms with Crippen molar-refractivity contribution in [3.8, 4) is 0 Å². The number of carbonyl (C=O) groups is 3. The number of hydrogen-bond acceptors (Lipinski definition) is 6. The van der Waals surface area contributed by atoms with Gasteiger partial charge in [0.1, 0.15) is 0 Å². The van der Waals surface area contributed by atoms with Crippen LogP contribution in [-0.2, 0) is 28.6 Å². The quantitative estimate of drug-likeness (QED) is 0.311. The molecule has 0 rings (SSSR count). The summed E-state index contributed by atoms with van der Waals surface area (Å²) in [6, 6.07) is 0. The van der Waals surface area contributed by atoms with E-state index in [-0.39, 0.29) is 25.2 Å². The molecule has 0 radical (unpaired) electrons. The molecule has 0 unspecified atom stereocenters. The summed E-state index contributed by atoms with van der Waals surface area (Å²) in [5.74, 6) is -1.49. The zero-order chi connectivity index (χ0) is 17.7. The third-order valence-electron chi connectivity index (χ3n) is 3.35. The van der Waals surface area contributed by atoms with E-state index in [0.717, 1.165) is 18.2 Å². The second-order valence-electron chi connectivity index (χ2n) is 5.18. The molecule has 0 aliphatic carbocycles. The number of rotatable bonds is 12. The van der Waals surface area contributed by atoms with Gasteiger partial charge in [0.2, 0.25) is 0 Å². The van der Waals surface area contributed by atoms with Crippen LogP contribution < -0.4 is 0 Å². The fourth-order valence-corrected chi connectivity index (χ4v) is 1.75. The third-order valence-corrected chi connectivity index (χ3v) is 3.35. The lowest BCUT2D eigenvalue weighted by Gasteiger charge is -2.29. The number of esters is 3. The predicted octanol–water partition coefficient (Wildman–Crippen LogP) is 2.35. The molecular weight excluding hydrogens is 300 g/mol. The molecule has 0 bridgehead atoms. The minimum Gasteiger partial charge on any atom is -0.463 e. The maximum Gasteiger partial charge on any atom is 0.330 e. The Kier molecular flexibility index (Phi) is 10.1. The highest BCUT2D eigenvalue weighted by molar-refractivity contribution is 5.81. The number of hydrogen-bond donors (Lipinski definition) is 0. The van der Waals surface area contributed by atoms with Crippen molar-refractivity contribution in [2.75, 3.05) is 19.8 Å². The van der Waals surface area contributed by atoms with Crippen LogP contribution in [0.25, 0.3) is 0 Å². The second-order valence-corrected chi connectivity index (χ2v) is 5.18. The van der Waals surface area contributed by atoms with Crippen LogP contribution in [0.15, 0.2) is 38.0 Å². The molecule has 6 nitrogen and oxygen atoms in total. The average molecular weight is 324 g/mol. The van der Waals surface area contributed by atoms with Crippen LogP contribution in [0.1, 0.15) is 26.2 Å². The topological polar surface area (TPSA) is 78.9 Å². The van der Waals surface area contributed by atoms with E-state index < -0.39 is 17.9 Å². The van der Waals surface area contributed by atoms with Crippen LogP contribution >= 0.6 is 0 Å². The summed E-state index contributed by atoms with van der Waals surface area (Å²) >= 11 is 0. The van der Waals surface area contributed by atoms with Crippen molar-refractivity contribution in [2.24, 2.45) is 5.41 Å². The summed E-state index contributed by atoms with van der Waals surface area (Å²) in [6.07, 6.45) is 4.87. The van der Waals surface area contributed by atoms with Crippen LogP contribution in [0.3, 0.4) is 0 Å². The first-order valence-corrected chi connectivity index (χ1v) is 7.24. The Labute approximate surface area is 136 Å². The highest BCUT2D eigenvalue weighted by atomic mass is 16.5. The van der Waals surface area contributed by atoms with Crippen LogP contribution in [-0.4, -0.2) is 37.7 Å². The number of ether oxygens (including phenoxy) is 3. The second kappa shape index (κ2) is 11.2. The largest absolute Gasteiger partial charge is 0.463 e. The zero-order valence-electron chi connectivity index (χ0n) is 13.5. The van der Waals surface area contributed by atoms with Gasteiger partial charge in [-0.05, 0) is 24.7 Å². The van der Waals surface area contributed by atoms with Crippen molar-refractivity contribution in [1.82, 2.24) is 0 Å². The van der Waals surface area contributed by atoms with Gasteiger partial charge in [0.05, 0.1) is 19.8 Å². The SMILES string of the molecule is C=CC(=O)OCCC(C)(CCOC(=O)C=C)CCOC(=O)C=C.